The molecular formula is C22H17Cl2N3O. The number of nitrogens with one attached hydrogen (secondary N) is 1. The van der Waals surface area contributed by atoms with Gasteiger partial charge >= 0.3 is 0 Å². The summed E-state index contributed by atoms with van der Waals surface area (Å²) in [5.41, 5.74) is 3.10. The maximum Gasteiger partial charge on any atom is 0.147 e. The van der Waals surface area contributed by atoms with Crippen molar-refractivity contribution in [3.63, 3.8) is 0 Å². The lowest BCUT2D eigenvalue weighted by Crippen LogP contribution is -2.14. The van der Waals surface area contributed by atoms with Crippen LogP contribution in [-0.2, 0) is 0 Å². The van der Waals surface area contributed by atoms with E-state index in [9.17, 15) is 5.11 Å². The van der Waals surface area contributed by atoms with Gasteiger partial charge in [0.2, 0.25) is 0 Å². The van der Waals surface area contributed by atoms with Crippen LogP contribution in [0, 0.1) is 6.92 Å². The molecule has 4 rings (SSSR count). The van der Waals surface area contributed by atoms with Gasteiger partial charge < -0.3 is 10.4 Å². The molecule has 2 N–H and O–H groups in total. The Morgan fingerprint density at radius 1 is 0.964 bits per heavy atom. The number of aromatic nitrogens is 2. The average molecular weight is 410 g/mol. The highest BCUT2D eigenvalue weighted by molar-refractivity contribution is 6.30. The van der Waals surface area contributed by atoms with E-state index in [4.69, 9.17) is 23.2 Å². The molecule has 4 nitrogen and oxygen atoms in total. The fourth-order valence-corrected chi connectivity index (χ4v) is 3.54. The molecule has 0 spiro atoms. The van der Waals surface area contributed by atoms with E-state index in [0.717, 1.165) is 16.5 Å². The summed E-state index contributed by atoms with van der Waals surface area (Å²) < 4.78 is 0. The second kappa shape index (κ2) is 7.66. The molecule has 1 atom stereocenters. The number of pyridine rings is 2. The van der Waals surface area contributed by atoms with Crippen molar-refractivity contribution in [2.75, 3.05) is 5.32 Å². The van der Waals surface area contributed by atoms with Crippen LogP contribution in [0.15, 0.2) is 67.0 Å². The number of halogens is 2. The van der Waals surface area contributed by atoms with Crippen LogP contribution in [0.2, 0.25) is 10.0 Å². The van der Waals surface area contributed by atoms with Gasteiger partial charge in [-0.3, -0.25) is 4.98 Å². The van der Waals surface area contributed by atoms with Crippen LogP contribution in [0.5, 0.6) is 5.75 Å². The molecule has 140 valence electrons. The third kappa shape index (κ3) is 3.61. The van der Waals surface area contributed by atoms with Crippen LogP contribution in [0.3, 0.4) is 0 Å². The SMILES string of the molecule is Cc1cc(Cl)cnc1NC(c1ccc(Cl)cc1)c1ccc2cccnc2c1O. The summed E-state index contributed by atoms with van der Waals surface area (Å²) in [5, 5.41) is 16.5. The van der Waals surface area contributed by atoms with Crippen molar-refractivity contribution in [2.45, 2.75) is 13.0 Å². The van der Waals surface area contributed by atoms with Crippen molar-refractivity contribution < 1.29 is 5.11 Å². The molecule has 0 bridgehead atoms. The van der Waals surface area contributed by atoms with Crippen LogP contribution < -0.4 is 5.32 Å². The number of nitrogens with zero attached hydrogens (tertiary/aromatic N) is 2. The summed E-state index contributed by atoms with van der Waals surface area (Å²) in [5.74, 6) is 0.821. The van der Waals surface area contributed by atoms with Gasteiger partial charge in [0.25, 0.3) is 0 Å². The van der Waals surface area contributed by atoms with E-state index in [1.54, 1.807) is 12.4 Å². The summed E-state index contributed by atoms with van der Waals surface area (Å²) >= 11 is 12.1. The predicted octanol–water partition coefficient (Wildman–Crippen LogP) is 6.15. The maximum atomic E-state index is 11.0. The van der Waals surface area contributed by atoms with Crippen molar-refractivity contribution in [3.05, 3.63) is 93.7 Å². The van der Waals surface area contributed by atoms with Crippen LogP contribution in [0.1, 0.15) is 22.7 Å². The minimum Gasteiger partial charge on any atom is -0.505 e. The van der Waals surface area contributed by atoms with E-state index in [1.807, 2.05) is 61.5 Å². The normalized spacial score (nSPS) is 12.1. The van der Waals surface area contributed by atoms with Gasteiger partial charge in [-0.1, -0.05) is 53.5 Å². The zero-order chi connectivity index (χ0) is 19.7. The Balaban J connectivity index is 1.85. The second-order valence-corrected chi connectivity index (χ2v) is 7.40. The van der Waals surface area contributed by atoms with Crippen molar-refractivity contribution >= 4 is 39.9 Å². The molecule has 6 heteroatoms. The fraction of sp³-hybridized carbons (Fsp3) is 0.0909. The van der Waals surface area contributed by atoms with Gasteiger partial charge in [0.05, 0.1) is 11.1 Å². The number of fused-ring (bicyclic) bond motifs is 1. The molecule has 0 aliphatic heterocycles. The number of hydrogen-bond donors (Lipinski definition) is 2. The molecule has 0 saturated heterocycles. The Labute approximate surface area is 172 Å². The monoisotopic (exact) mass is 409 g/mol. The van der Waals surface area contributed by atoms with Crippen LogP contribution >= 0.6 is 23.2 Å². The summed E-state index contributed by atoms with van der Waals surface area (Å²) in [6.07, 6.45) is 3.26. The third-order valence-corrected chi connectivity index (χ3v) is 5.08. The smallest absolute Gasteiger partial charge is 0.147 e. The third-order valence-electron chi connectivity index (χ3n) is 4.62. The Morgan fingerprint density at radius 3 is 2.50 bits per heavy atom. The largest absolute Gasteiger partial charge is 0.505 e. The average Bonchev–Trinajstić information content (AvgIpc) is 2.69. The van der Waals surface area contributed by atoms with Crippen LogP contribution in [-0.4, -0.2) is 15.1 Å². The first-order chi connectivity index (χ1) is 13.5. The van der Waals surface area contributed by atoms with E-state index >= 15 is 0 Å². The van der Waals surface area contributed by atoms with Gasteiger partial charge in [-0.05, 0) is 42.3 Å². The first-order valence-corrected chi connectivity index (χ1v) is 9.49. The topological polar surface area (TPSA) is 58.0 Å². The number of hydrogen-bond acceptors (Lipinski definition) is 4. The van der Waals surface area contributed by atoms with E-state index in [1.165, 1.54) is 0 Å². The van der Waals surface area contributed by atoms with E-state index < -0.39 is 0 Å². The summed E-state index contributed by atoms with van der Waals surface area (Å²) in [6.45, 7) is 1.93. The molecule has 0 aliphatic carbocycles. The lowest BCUT2D eigenvalue weighted by atomic mass is 9.96. The zero-order valence-electron chi connectivity index (χ0n) is 15.0. The molecule has 0 aliphatic rings. The summed E-state index contributed by atoms with van der Waals surface area (Å²) in [6, 6.07) is 16.6. The summed E-state index contributed by atoms with van der Waals surface area (Å²) in [7, 11) is 0. The van der Waals surface area contributed by atoms with Crippen molar-refractivity contribution in [1.29, 1.82) is 0 Å². The molecule has 2 aromatic carbocycles. The van der Waals surface area contributed by atoms with Gasteiger partial charge in [0.1, 0.15) is 17.1 Å². The first kappa shape index (κ1) is 18.5. The number of anilines is 1. The molecule has 0 saturated carbocycles. The Hall–Kier alpha value is -2.82. The quantitative estimate of drug-likeness (QED) is 0.424. The zero-order valence-corrected chi connectivity index (χ0v) is 16.5. The number of aromatic hydroxyl groups is 1. The van der Waals surface area contributed by atoms with Gasteiger partial charge in [0.15, 0.2) is 0 Å². The van der Waals surface area contributed by atoms with E-state index in [-0.39, 0.29) is 11.8 Å². The molecule has 4 aromatic rings. The molecule has 0 radical (unpaired) electrons. The molecule has 28 heavy (non-hydrogen) atoms. The standard InChI is InChI=1S/C22H17Cl2N3O/c1-13-11-17(24)12-26-22(13)27-19(15-4-7-16(23)8-5-15)18-9-6-14-3-2-10-25-20(14)21(18)28/h2-12,19,28H,1H3,(H,26,27). The number of benzene rings is 2. The second-order valence-electron chi connectivity index (χ2n) is 6.53. The van der Waals surface area contributed by atoms with Crippen LogP contribution in [0.25, 0.3) is 10.9 Å². The number of rotatable bonds is 4. The Kier molecular flexibility index (Phi) is 5.07. The van der Waals surface area contributed by atoms with Gasteiger partial charge in [-0.15, -0.1) is 0 Å². The summed E-state index contributed by atoms with van der Waals surface area (Å²) in [4.78, 5) is 8.75. The molecule has 2 heterocycles. The Morgan fingerprint density at radius 2 is 1.75 bits per heavy atom. The number of aryl methyl sites for hydroxylation is 1. The predicted molar refractivity (Wildman–Crippen MR) is 114 cm³/mol. The highest BCUT2D eigenvalue weighted by Crippen LogP contribution is 2.37. The molecule has 2 aromatic heterocycles. The molecular weight excluding hydrogens is 393 g/mol. The first-order valence-electron chi connectivity index (χ1n) is 8.73. The fourth-order valence-electron chi connectivity index (χ4n) is 3.20. The molecule has 0 fully saturated rings. The highest BCUT2D eigenvalue weighted by Gasteiger charge is 2.21. The lowest BCUT2D eigenvalue weighted by Gasteiger charge is -2.23. The minimum absolute atomic E-state index is 0.136. The van der Waals surface area contributed by atoms with Crippen LogP contribution in [0.4, 0.5) is 5.82 Å². The lowest BCUT2D eigenvalue weighted by molar-refractivity contribution is 0.471. The van der Waals surface area contributed by atoms with Crippen molar-refractivity contribution in [2.24, 2.45) is 0 Å². The minimum atomic E-state index is -0.351. The van der Waals surface area contributed by atoms with Gasteiger partial charge in [-0.25, -0.2) is 4.98 Å². The highest BCUT2D eigenvalue weighted by atomic mass is 35.5. The van der Waals surface area contributed by atoms with Crippen molar-refractivity contribution in [3.8, 4) is 5.75 Å². The van der Waals surface area contributed by atoms with Crippen molar-refractivity contribution in [1.82, 2.24) is 9.97 Å². The van der Waals surface area contributed by atoms with E-state index in [2.05, 4.69) is 15.3 Å². The maximum absolute atomic E-state index is 11.0. The number of phenolic OH excluding ortho intramolecular Hbond substituents is 1. The van der Waals surface area contributed by atoms with Gasteiger partial charge in [-0.2, -0.15) is 0 Å². The molecule has 0 amide bonds. The molecule has 1 unspecified atom stereocenters. The number of phenols is 1. The Bertz CT molecular complexity index is 1150. The van der Waals surface area contributed by atoms with E-state index in [0.29, 0.717) is 26.9 Å². The van der Waals surface area contributed by atoms with Gasteiger partial charge in [0, 0.05) is 28.4 Å².